The van der Waals surface area contributed by atoms with Crippen LogP contribution in [-0.4, -0.2) is 27.2 Å². The van der Waals surface area contributed by atoms with Crippen molar-refractivity contribution in [2.24, 2.45) is 0 Å². The summed E-state index contributed by atoms with van der Waals surface area (Å²) in [6.07, 6.45) is 6.46. The first-order valence-corrected chi connectivity index (χ1v) is 12.0. The van der Waals surface area contributed by atoms with Crippen molar-refractivity contribution in [2.45, 2.75) is 46.3 Å². The summed E-state index contributed by atoms with van der Waals surface area (Å²) in [5, 5.41) is 12.2. The average Bonchev–Trinajstić information content (AvgIpc) is 3.35. The maximum absolute atomic E-state index is 13.0. The van der Waals surface area contributed by atoms with Gasteiger partial charge in [-0.3, -0.25) is 10.2 Å². The van der Waals surface area contributed by atoms with Crippen LogP contribution in [0.4, 0.5) is 5.69 Å². The molecule has 37 heavy (non-hydrogen) atoms. The van der Waals surface area contributed by atoms with E-state index >= 15 is 0 Å². The number of esters is 1. The molecule has 8 heteroatoms. The van der Waals surface area contributed by atoms with Crippen LogP contribution in [0.2, 0.25) is 0 Å². The summed E-state index contributed by atoms with van der Waals surface area (Å²) in [6, 6.07) is 11.8. The molecule has 0 amide bonds. The fourth-order valence-electron chi connectivity index (χ4n) is 3.93. The van der Waals surface area contributed by atoms with Gasteiger partial charge >= 0.3 is 5.97 Å². The summed E-state index contributed by atoms with van der Waals surface area (Å²) >= 11 is 0. The topological polar surface area (TPSA) is 121 Å². The lowest BCUT2D eigenvalue weighted by atomic mass is 10.0. The van der Waals surface area contributed by atoms with Gasteiger partial charge < -0.3 is 19.5 Å². The van der Waals surface area contributed by atoms with E-state index in [0.29, 0.717) is 28.0 Å². The Morgan fingerprint density at radius 2 is 1.97 bits per heavy atom. The maximum atomic E-state index is 13.0. The summed E-state index contributed by atoms with van der Waals surface area (Å²) in [4.78, 5) is 32.9. The third-order valence-corrected chi connectivity index (χ3v) is 5.58. The number of benzene rings is 2. The van der Waals surface area contributed by atoms with Gasteiger partial charge in [0.05, 0.1) is 22.7 Å². The molecule has 0 bridgehead atoms. The minimum atomic E-state index is -0.627. The summed E-state index contributed by atoms with van der Waals surface area (Å²) in [7, 11) is 0. The number of nitrogens with zero attached hydrogens (tertiary/aromatic N) is 1. The van der Waals surface area contributed by atoms with Gasteiger partial charge in [-0.05, 0) is 70.5 Å². The normalized spacial score (nSPS) is 12.6. The van der Waals surface area contributed by atoms with Crippen LogP contribution in [0, 0.1) is 12.3 Å². The number of H-pyrrole nitrogens is 1. The Labute approximate surface area is 214 Å². The Morgan fingerprint density at radius 1 is 1.22 bits per heavy atom. The highest BCUT2D eigenvalue weighted by molar-refractivity contribution is 6.07. The lowest BCUT2D eigenvalue weighted by molar-refractivity contribution is 0.00706. The van der Waals surface area contributed by atoms with Crippen LogP contribution in [-0.2, 0) is 4.74 Å². The molecule has 0 fully saturated rings. The number of aromatic nitrogens is 2. The molecule has 190 valence electrons. The van der Waals surface area contributed by atoms with Crippen LogP contribution >= 0.6 is 0 Å². The van der Waals surface area contributed by atoms with Crippen molar-refractivity contribution in [3.05, 3.63) is 99.4 Å². The number of ether oxygens (including phenoxy) is 1. The number of allylic oxidation sites excluding steroid dienone is 1. The summed E-state index contributed by atoms with van der Waals surface area (Å²) in [5.74, 6) is 0.306. The number of anilines is 1. The number of nitrogens with one attached hydrogen (secondary N) is 3. The first-order chi connectivity index (χ1) is 17.5. The van der Waals surface area contributed by atoms with Gasteiger partial charge in [0, 0.05) is 29.7 Å². The monoisotopic (exact) mass is 498 g/mol. The summed E-state index contributed by atoms with van der Waals surface area (Å²) < 4.78 is 11.7. The molecule has 2 aromatic heterocycles. The molecule has 3 N–H and O–H groups in total. The van der Waals surface area contributed by atoms with Crippen molar-refractivity contribution in [1.29, 1.82) is 5.41 Å². The SMILES string of the molecule is Cc1cc(C(C)Nc2ccccc2C(=O)OC(C)(C)C)c2oc(C(=N)/C=C\c3ncc[nH]3)cc(=O)c2c1. The van der Waals surface area contributed by atoms with Gasteiger partial charge in [0.15, 0.2) is 11.2 Å². The van der Waals surface area contributed by atoms with E-state index < -0.39 is 11.6 Å². The van der Waals surface area contributed by atoms with Gasteiger partial charge in [0.1, 0.15) is 17.0 Å². The van der Waals surface area contributed by atoms with Gasteiger partial charge in [-0.15, -0.1) is 0 Å². The van der Waals surface area contributed by atoms with Crippen molar-refractivity contribution < 1.29 is 13.9 Å². The largest absolute Gasteiger partial charge is 0.456 e. The minimum Gasteiger partial charge on any atom is -0.456 e. The molecule has 0 saturated carbocycles. The Hall–Kier alpha value is -4.46. The smallest absolute Gasteiger partial charge is 0.340 e. The fraction of sp³-hybridized carbons (Fsp3) is 0.241. The van der Waals surface area contributed by atoms with Crippen LogP contribution in [0.3, 0.4) is 0 Å². The highest BCUT2D eigenvalue weighted by Crippen LogP contribution is 2.30. The zero-order valence-corrected chi connectivity index (χ0v) is 21.5. The number of rotatable bonds is 7. The third kappa shape index (κ3) is 6.03. The minimum absolute atomic E-state index is 0.0396. The Balaban J connectivity index is 1.71. The van der Waals surface area contributed by atoms with E-state index in [1.807, 2.05) is 52.8 Å². The lowest BCUT2D eigenvalue weighted by Gasteiger charge is -2.22. The zero-order valence-electron chi connectivity index (χ0n) is 21.5. The number of aryl methyl sites for hydroxylation is 1. The van der Waals surface area contributed by atoms with Crippen LogP contribution in [0.25, 0.3) is 17.0 Å². The van der Waals surface area contributed by atoms with Crippen molar-refractivity contribution in [2.75, 3.05) is 5.32 Å². The molecular formula is C29H30N4O4. The number of aromatic amines is 1. The fourth-order valence-corrected chi connectivity index (χ4v) is 3.93. The van der Waals surface area contributed by atoms with Crippen molar-refractivity contribution in [1.82, 2.24) is 9.97 Å². The Morgan fingerprint density at radius 3 is 2.68 bits per heavy atom. The summed E-state index contributed by atoms with van der Waals surface area (Å²) in [5.41, 5.74) is 2.20. The predicted molar refractivity (Wildman–Crippen MR) is 145 cm³/mol. The van der Waals surface area contributed by atoms with Crippen LogP contribution in [0.5, 0.6) is 0 Å². The predicted octanol–water partition coefficient (Wildman–Crippen LogP) is 6.03. The number of hydrogen-bond donors (Lipinski definition) is 3. The number of hydrogen-bond acceptors (Lipinski definition) is 7. The molecule has 0 saturated heterocycles. The third-order valence-electron chi connectivity index (χ3n) is 5.58. The highest BCUT2D eigenvalue weighted by Gasteiger charge is 2.22. The van der Waals surface area contributed by atoms with Crippen LogP contribution < -0.4 is 10.7 Å². The van der Waals surface area contributed by atoms with Gasteiger partial charge in [0.2, 0.25) is 0 Å². The molecule has 4 aromatic rings. The van der Waals surface area contributed by atoms with E-state index in [9.17, 15) is 9.59 Å². The van der Waals surface area contributed by atoms with Gasteiger partial charge in [-0.1, -0.05) is 18.2 Å². The quantitative estimate of drug-likeness (QED) is 0.211. The van der Waals surface area contributed by atoms with Gasteiger partial charge in [-0.2, -0.15) is 0 Å². The molecule has 0 aliphatic heterocycles. The number of fused-ring (bicyclic) bond motifs is 1. The van der Waals surface area contributed by atoms with Crippen molar-refractivity contribution in [3.8, 4) is 0 Å². The van der Waals surface area contributed by atoms with Gasteiger partial charge in [0.25, 0.3) is 0 Å². The molecular weight excluding hydrogens is 468 g/mol. The van der Waals surface area contributed by atoms with Crippen LogP contribution in [0.1, 0.15) is 66.8 Å². The first-order valence-electron chi connectivity index (χ1n) is 12.0. The Bertz CT molecular complexity index is 1540. The molecule has 0 aliphatic rings. The number of para-hydroxylation sites is 1. The van der Waals surface area contributed by atoms with E-state index in [0.717, 1.165) is 11.1 Å². The molecule has 0 aliphatic carbocycles. The molecule has 2 aromatic carbocycles. The second-order valence-corrected chi connectivity index (χ2v) is 9.84. The second-order valence-electron chi connectivity index (χ2n) is 9.84. The molecule has 1 atom stereocenters. The molecule has 8 nitrogen and oxygen atoms in total. The Kier molecular flexibility index (Phi) is 7.11. The van der Waals surface area contributed by atoms with E-state index in [-0.39, 0.29) is 22.9 Å². The number of carbonyl (C=O) groups excluding carboxylic acids is 1. The molecule has 2 heterocycles. The van der Waals surface area contributed by atoms with E-state index in [1.54, 1.807) is 36.7 Å². The van der Waals surface area contributed by atoms with Gasteiger partial charge in [-0.25, -0.2) is 9.78 Å². The van der Waals surface area contributed by atoms with Crippen molar-refractivity contribution >= 4 is 34.4 Å². The number of carbonyl (C=O) groups is 1. The van der Waals surface area contributed by atoms with Crippen LogP contribution in [0.15, 0.2) is 70.1 Å². The average molecular weight is 499 g/mol. The summed E-state index contributed by atoms with van der Waals surface area (Å²) in [6.45, 7) is 9.30. The standard InChI is InChI=1S/C29H30N4O4/c1-17-14-20(18(2)33-23-9-7-6-8-19(23)28(35)37-29(3,4)5)27-21(15-17)24(34)16-25(36-27)22(30)10-11-26-31-12-13-32-26/h6-16,18,30,33H,1-5H3,(H,31,32)/b11-10-,30-22?. The molecule has 0 spiro atoms. The van der Waals surface area contributed by atoms with E-state index in [4.69, 9.17) is 14.6 Å². The first kappa shape index (κ1) is 25.6. The molecule has 4 rings (SSSR count). The highest BCUT2D eigenvalue weighted by atomic mass is 16.6. The molecule has 0 radical (unpaired) electrons. The second kappa shape index (κ2) is 10.3. The zero-order chi connectivity index (χ0) is 26.7. The van der Waals surface area contributed by atoms with Crippen molar-refractivity contribution in [3.63, 3.8) is 0 Å². The number of imidazole rings is 1. The maximum Gasteiger partial charge on any atom is 0.340 e. The lowest BCUT2D eigenvalue weighted by Crippen LogP contribution is -2.24. The van der Waals surface area contributed by atoms with E-state index in [1.165, 1.54) is 12.1 Å². The molecule has 1 unspecified atom stereocenters. The van der Waals surface area contributed by atoms with E-state index in [2.05, 4.69) is 15.3 Å².